The van der Waals surface area contributed by atoms with Gasteiger partial charge >= 0.3 is 0 Å². The Morgan fingerprint density at radius 3 is 2.90 bits per heavy atom. The number of rotatable bonds is 6. The second-order valence-corrected chi connectivity index (χ2v) is 8.80. The lowest BCUT2D eigenvalue weighted by molar-refractivity contribution is -0.113. The van der Waals surface area contributed by atoms with Crippen molar-refractivity contribution in [1.82, 2.24) is 14.1 Å². The van der Waals surface area contributed by atoms with Gasteiger partial charge in [-0.3, -0.25) is 14.2 Å². The number of carbonyl (C=O) groups excluding carboxylic acids is 1. The predicted octanol–water partition coefficient (Wildman–Crippen LogP) is 3.66. The topological polar surface area (TPSA) is 106 Å². The highest BCUT2D eigenvalue weighted by atomic mass is 32.2. The van der Waals surface area contributed by atoms with E-state index in [-0.39, 0.29) is 17.2 Å². The van der Waals surface area contributed by atoms with E-state index < -0.39 is 0 Å². The molecule has 1 amide bonds. The van der Waals surface area contributed by atoms with Crippen LogP contribution in [0.2, 0.25) is 0 Å². The van der Waals surface area contributed by atoms with Crippen molar-refractivity contribution >= 4 is 45.0 Å². The van der Waals surface area contributed by atoms with Crippen LogP contribution in [0.3, 0.4) is 0 Å². The van der Waals surface area contributed by atoms with Crippen LogP contribution >= 0.6 is 23.1 Å². The smallest absolute Gasteiger partial charge is 0.271 e. The maximum Gasteiger partial charge on any atom is 0.271 e. The third-order valence-electron chi connectivity index (χ3n) is 5.07. The first kappa shape index (κ1) is 21.0. The van der Waals surface area contributed by atoms with E-state index in [2.05, 4.69) is 16.4 Å². The zero-order valence-electron chi connectivity index (χ0n) is 17.1. The van der Waals surface area contributed by atoms with Gasteiger partial charge in [-0.05, 0) is 43.0 Å². The number of hydrogen-bond acceptors (Lipinski definition) is 7. The van der Waals surface area contributed by atoms with Crippen molar-refractivity contribution in [2.24, 2.45) is 7.05 Å². The third kappa shape index (κ3) is 3.89. The van der Waals surface area contributed by atoms with E-state index in [1.807, 2.05) is 29.9 Å². The van der Waals surface area contributed by atoms with E-state index in [4.69, 9.17) is 4.42 Å². The fraction of sp³-hybridized carbons (Fsp3) is 0.238. The largest absolute Gasteiger partial charge is 0.467 e. The number of anilines is 1. The van der Waals surface area contributed by atoms with Gasteiger partial charge in [0.15, 0.2) is 5.16 Å². The van der Waals surface area contributed by atoms with Crippen molar-refractivity contribution < 1.29 is 9.21 Å². The molecule has 0 spiro atoms. The molecular weight excluding hydrogens is 434 g/mol. The standard InChI is InChI=1S/C21H19N5O3S2/c1-12-13(2)26(10-14-5-4-7-29-14)19(15(12)9-22)24-17(27)11-31-21-23-16-6-8-30-18(16)20(28)25(21)3/h4-8H,10-11H2,1-3H3,(H,24,27). The molecule has 0 aromatic carbocycles. The molecule has 0 radical (unpaired) electrons. The molecule has 0 unspecified atom stereocenters. The second-order valence-electron chi connectivity index (χ2n) is 6.94. The number of amides is 1. The number of furan rings is 1. The van der Waals surface area contributed by atoms with Gasteiger partial charge < -0.3 is 14.3 Å². The van der Waals surface area contributed by atoms with Crippen molar-refractivity contribution in [3.8, 4) is 6.07 Å². The quantitative estimate of drug-likeness (QED) is 0.353. The molecule has 0 fully saturated rings. The van der Waals surface area contributed by atoms with Crippen molar-refractivity contribution in [2.45, 2.75) is 25.5 Å². The summed E-state index contributed by atoms with van der Waals surface area (Å²) in [5, 5.41) is 14.8. The van der Waals surface area contributed by atoms with Crippen LogP contribution in [0, 0.1) is 25.2 Å². The van der Waals surface area contributed by atoms with Crippen molar-refractivity contribution in [1.29, 1.82) is 5.26 Å². The molecule has 0 aliphatic carbocycles. The van der Waals surface area contributed by atoms with Crippen molar-refractivity contribution in [3.63, 3.8) is 0 Å². The Bertz CT molecular complexity index is 1370. The highest BCUT2D eigenvalue weighted by Gasteiger charge is 2.21. The van der Waals surface area contributed by atoms with Gasteiger partial charge in [-0.25, -0.2) is 4.98 Å². The summed E-state index contributed by atoms with van der Waals surface area (Å²) >= 11 is 2.52. The van der Waals surface area contributed by atoms with Crippen LogP contribution in [0.15, 0.2) is 44.2 Å². The number of nitrogens with one attached hydrogen (secondary N) is 1. The lowest BCUT2D eigenvalue weighted by Crippen LogP contribution is -2.21. The summed E-state index contributed by atoms with van der Waals surface area (Å²) in [7, 11) is 1.64. The van der Waals surface area contributed by atoms with Crippen LogP contribution < -0.4 is 10.9 Å². The SMILES string of the molecule is Cc1c(C#N)c(NC(=O)CSc2nc3ccsc3c(=O)n2C)n(Cc2ccco2)c1C. The van der Waals surface area contributed by atoms with Crippen LogP contribution in [0.25, 0.3) is 10.2 Å². The minimum atomic E-state index is -0.292. The van der Waals surface area contributed by atoms with Crippen LogP contribution in [-0.2, 0) is 18.4 Å². The Labute approximate surface area is 186 Å². The summed E-state index contributed by atoms with van der Waals surface area (Å²) < 4.78 is 9.34. The number of fused-ring (bicyclic) bond motifs is 1. The first-order chi connectivity index (χ1) is 14.9. The normalized spacial score (nSPS) is 11.0. The molecule has 0 saturated heterocycles. The Morgan fingerprint density at radius 1 is 1.39 bits per heavy atom. The summed E-state index contributed by atoms with van der Waals surface area (Å²) in [6.07, 6.45) is 1.59. The molecule has 0 bridgehead atoms. The van der Waals surface area contributed by atoms with E-state index >= 15 is 0 Å². The third-order valence-corrected chi connectivity index (χ3v) is 6.99. The molecule has 0 atom stereocenters. The number of carbonyl (C=O) groups is 1. The average Bonchev–Trinajstić information content (AvgIpc) is 3.48. The highest BCUT2D eigenvalue weighted by molar-refractivity contribution is 7.99. The summed E-state index contributed by atoms with van der Waals surface area (Å²) in [5.41, 5.74) is 2.61. The molecule has 8 nitrogen and oxygen atoms in total. The zero-order valence-corrected chi connectivity index (χ0v) is 18.8. The average molecular weight is 454 g/mol. The van der Waals surface area contributed by atoms with Crippen LogP contribution in [0.5, 0.6) is 0 Å². The first-order valence-electron chi connectivity index (χ1n) is 9.39. The molecule has 158 valence electrons. The molecule has 4 aromatic rings. The molecule has 31 heavy (non-hydrogen) atoms. The predicted molar refractivity (Wildman–Crippen MR) is 121 cm³/mol. The molecule has 4 rings (SSSR count). The Hall–Kier alpha value is -3.29. The summed E-state index contributed by atoms with van der Waals surface area (Å²) in [5.74, 6) is 0.912. The fourth-order valence-electron chi connectivity index (χ4n) is 3.28. The lowest BCUT2D eigenvalue weighted by atomic mass is 10.2. The highest BCUT2D eigenvalue weighted by Crippen LogP contribution is 2.28. The van der Waals surface area contributed by atoms with Crippen LogP contribution in [-0.4, -0.2) is 25.8 Å². The summed E-state index contributed by atoms with van der Waals surface area (Å²) in [6, 6.07) is 7.61. The maximum absolute atomic E-state index is 12.7. The summed E-state index contributed by atoms with van der Waals surface area (Å²) in [6.45, 7) is 4.15. The van der Waals surface area contributed by atoms with E-state index in [9.17, 15) is 14.9 Å². The van der Waals surface area contributed by atoms with Gasteiger partial charge in [0.1, 0.15) is 22.3 Å². The van der Waals surface area contributed by atoms with Gasteiger partial charge in [-0.1, -0.05) is 11.8 Å². The van der Waals surface area contributed by atoms with Gasteiger partial charge in [0.05, 0.1) is 29.6 Å². The second kappa shape index (κ2) is 8.45. The number of nitrogens with zero attached hydrogens (tertiary/aromatic N) is 4. The number of nitriles is 1. The molecule has 0 saturated carbocycles. The number of thiophene rings is 1. The Kier molecular flexibility index (Phi) is 5.71. The molecule has 0 aliphatic heterocycles. The van der Waals surface area contributed by atoms with Gasteiger partial charge in [-0.15, -0.1) is 11.3 Å². The minimum absolute atomic E-state index is 0.0464. The lowest BCUT2D eigenvalue weighted by Gasteiger charge is -2.12. The van der Waals surface area contributed by atoms with E-state index in [0.717, 1.165) is 17.0 Å². The number of hydrogen-bond donors (Lipinski definition) is 1. The number of aromatic nitrogens is 3. The molecule has 4 heterocycles. The molecule has 0 aliphatic rings. The number of thioether (sulfide) groups is 1. The van der Waals surface area contributed by atoms with E-state index in [1.54, 1.807) is 25.4 Å². The van der Waals surface area contributed by atoms with Gasteiger partial charge in [0.25, 0.3) is 5.56 Å². The van der Waals surface area contributed by atoms with E-state index in [0.29, 0.717) is 33.3 Å². The van der Waals surface area contributed by atoms with Crippen molar-refractivity contribution in [2.75, 3.05) is 11.1 Å². The van der Waals surface area contributed by atoms with Gasteiger partial charge in [-0.2, -0.15) is 5.26 Å². The monoisotopic (exact) mass is 453 g/mol. The van der Waals surface area contributed by atoms with Crippen LogP contribution in [0.1, 0.15) is 22.6 Å². The fourth-order valence-corrected chi connectivity index (χ4v) is 4.86. The Morgan fingerprint density at radius 2 is 2.19 bits per heavy atom. The molecule has 10 heteroatoms. The zero-order chi connectivity index (χ0) is 22.1. The van der Waals surface area contributed by atoms with Crippen LogP contribution in [0.4, 0.5) is 5.82 Å². The summed E-state index contributed by atoms with van der Waals surface area (Å²) in [4.78, 5) is 29.7. The molecular formula is C21H19N5O3S2. The van der Waals surface area contributed by atoms with Crippen molar-refractivity contribution in [3.05, 3.63) is 62.8 Å². The van der Waals surface area contributed by atoms with Gasteiger partial charge in [0, 0.05) is 12.7 Å². The van der Waals surface area contributed by atoms with Gasteiger partial charge in [0.2, 0.25) is 5.91 Å². The first-order valence-corrected chi connectivity index (χ1v) is 11.3. The Balaban J connectivity index is 1.56. The minimum Gasteiger partial charge on any atom is -0.467 e. The maximum atomic E-state index is 12.7. The van der Waals surface area contributed by atoms with E-state index in [1.165, 1.54) is 27.7 Å². The molecule has 4 aromatic heterocycles. The molecule has 1 N–H and O–H groups in total.